The second-order valence-electron chi connectivity index (χ2n) is 14.3. The highest BCUT2D eigenvalue weighted by atomic mass is 15.1. The van der Waals surface area contributed by atoms with E-state index < -0.39 is 0 Å². The number of hydrogen-bond acceptors (Lipinski definition) is 3. The lowest BCUT2D eigenvalue weighted by Gasteiger charge is -2.18. The second kappa shape index (κ2) is 12.8. The lowest BCUT2D eigenvalue weighted by Crippen LogP contribution is -2.16. The zero-order valence-electron chi connectivity index (χ0n) is 30.0. The van der Waals surface area contributed by atoms with Gasteiger partial charge in [0, 0.05) is 53.1 Å². The number of pyridine rings is 2. The predicted octanol–water partition coefficient (Wildman–Crippen LogP) is 12.3. The molecule has 0 bridgehead atoms. The van der Waals surface area contributed by atoms with Crippen LogP contribution in [0.25, 0.3) is 82.5 Å². The number of aliphatic imine (C=N–C) groups is 1. The van der Waals surface area contributed by atoms with Gasteiger partial charge in [0.05, 0.1) is 16.9 Å². The number of nitrogens with zero attached hydrogens (tertiary/aromatic N) is 4. The van der Waals surface area contributed by atoms with Gasteiger partial charge < -0.3 is 0 Å². The van der Waals surface area contributed by atoms with E-state index in [1.807, 2.05) is 18.5 Å². The van der Waals surface area contributed by atoms with Crippen LogP contribution in [0.1, 0.15) is 16.8 Å². The van der Waals surface area contributed by atoms with E-state index in [0.717, 1.165) is 46.8 Å². The van der Waals surface area contributed by atoms with Crippen LogP contribution >= 0.6 is 0 Å². The van der Waals surface area contributed by atoms with E-state index in [4.69, 9.17) is 9.98 Å². The number of rotatable bonds is 5. The van der Waals surface area contributed by atoms with Crippen molar-refractivity contribution in [3.05, 3.63) is 199 Å². The van der Waals surface area contributed by atoms with Crippen molar-refractivity contribution in [3.8, 4) is 39.3 Å². The van der Waals surface area contributed by atoms with E-state index in [0.29, 0.717) is 0 Å². The fourth-order valence-corrected chi connectivity index (χ4v) is 8.76. The zero-order chi connectivity index (χ0) is 36.3. The van der Waals surface area contributed by atoms with Gasteiger partial charge in [-0.1, -0.05) is 133 Å². The first kappa shape index (κ1) is 31.4. The molecule has 1 aliphatic heterocycles. The van der Waals surface area contributed by atoms with Crippen LogP contribution in [0.15, 0.2) is 187 Å². The van der Waals surface area contributed by atoms with Gasteiger partial charge in [-0.25, -0.2) is 4.98 Å². The average Bonchev–Trinajstić information content (AvgIpc) is 3.60. The molecule has 1 aliphatic rings. The van der Waals surface area contributed by atoms with Gasteiger partial charge >= 0.3 is 0 Å². The van der Waals surface area contributed by atoms with Gasteiger partial charge in [-0.2, -0.15) is 0 Å². The number of aromatic nitrogens is 3. The van der Waals surface area contributed by atoms with Crippen LogP contribution in [0, 0.1) is 0 Å². The van der Waals surface area contributed by atoms with Crippen LogP contribution in [0.5, 0.6) is 0 Å². The Morgan fingerprint density at radius 2 is 1.09 bits per heavy atom. The molecule has 258 valence electrons. The van der Waals surface area contributed by atoms with E-state index in [-0.39, 0.29) is 0 Å². The van der Waals surface area contributed by atoms with Crippen LogP contribution in [-0.2, 0) is 6.42 Å². The zero-order valence-corrected chi connectivity index (χ0v) is 30.0. The Labute approximate surface area is 318 Å². The van der Waals surface area contributed by atoms with E-state index >= 15 is 0 Å². The summed E-state index contributed by atoms with van der Waals surface area (Å²) in [6.45, 7) is 0.724. The van der Waals surface area contributed by atoms with Crippen molar-refractivity contribution in [1.82, 2.24) is 14.5 Å². The Balaban J connectivity index is 1.02. The first-order valence-corrected chi connectivity index (χ1v) is 18.9. The number of fused-ring (bicyclic) bond motifs is 6. The maximum Gasteiger partial charge on any atom is 0.138 e. The molecule has 0 fully saturated rings. The van der Waals surface area contributed by atoms with Crippen molar-refractivity contribution >= 4 is 48.9 Å². The predicted molar refractivity (Wildman–Crippen MR) is 228 cm³/mol. The molecule has 0 amide bonds. The van der Waals surface area contributed by atoms with Gasteiger partial charge in [-0.3, -0.25) is 14.5 Å². The van der Waals surface area contributed by atoms with Gasteiger partial charge in [0.1, 0.15) is 5.82 Å². The van der Waals surface area contributed by atoms with E-state index in [1.165, 1.54) is 71.2 Å². The van der Waals surface area contributed by atoms with E-state index in [9.17, 15) is 0 Å². The molecule has 0 spiro atoms. The molecule has 4 heteroatoms. The Hall–Kier alpha value is -7.17. The SMILES string of the molecule is c1cncc(C2=NCCc3c2c2ccccc2n3-c2cccc(-c3ccc(-c4c5ccccc5c(-c5ccc6ccccc6c5)c5ccccc45)cc3)n2)c1. The van der Waals surface area contributed by atoms with Gasteiger partial charge in [0.2, 0.25) is 0 Å². The highest BCUT2D eigenvalue weighted by Crippen LogP contribution is 2.44. The summed E-state index contributed by atoms with van der Waals surface area (Å²) in [5, 5.41) is 8.68. The van der Waals surface area contributed by atoms with E-state index in [1.54, 1.807) is 0 Å². The third-order valence-corrected chi connectivity index (χ3v) is 11.2. The molecule has 0 saturated carbocycles. The van der Waals surface area contributed by atoms with Crippen molar-refractivity contribution in [1.29, 1.82) is 0 Å². The fourth-order valence-electron chi connectivity index (χ4n) is 8.76. The molecule has 11 rings (SSSR count). The number of para-hydroxylation sites is 1. The third-order valence-electron chi connectivity index (χ3n) is 11.2. The Morgan fingerprint density at radius 3 is 1.82 bits per heavy atom. The summed E-state index contributed by atoms with van der Waals surface area (Å²) in [4.78, 5) is 14.7. The molecule has 0 saturated heterocycles. The molecule has 7 aromatic carbocycles. The summed E-state index contributed by atoms with van der Waals surface area (Å²) >= 11 is 0. The molecule has 55 heavy (non-hydrogen) atoms. The monoisotopic (exact) mass is 702 g/mol. The summed E-state index contributed by atoms with van der Waals surface area (Å²) in [7, 11) is 0. The van der Waals surface area contributed by atoms with Crippen LogP contribution in [0.3, 0.4) is 0 Å². The molecule has 0 aliphatic carbocycles. The van der Waals surface area contributed by atoms with Crippen LogP contribution < -0.4 is 0 Å². The third kappa shape index (κ3) is 5.10. The standard InChI is InChI=1S/C51H34N4/c1-2-12-36-31-37(27-22-33(36)11-1)49-41-16-5-3-14-39(41)48(40-15-4-6-17-42(40)49)35-25-23-34(24-26-35)44-19-9-21-47(54-44)55-45-20-8-7-18-43(45)50-46(55)28-30-53-51(50)38-13-10-29-52-32-38/h1-27,29,31-32H,28,30H2. The Morgan fingerprint density at radius 1 is 0.455 bits per heavy atom. The first-order chi connectivity index (χ1) is 27.3. The van der Waals surface area contributed by atoms with Crippen molar-refractivity contribution < 1.29 is 0 Å². The normalized spacial score (nSPS) is 12.7. The summed E-state index contributed by atoms with van der Waals surface area (Å²) in [6, 6.07) is 61.2. The van der Waals surface area contributed by atoms with E-state index in [2.05, 4.69) is 173 Å². The van der Waals surface area contributed by atoms with Crippen molar-refractivity contribution in [2.24, 2.45) is 4.99 Å². The molecule has 0 atom stereocenters. The minimum absolute atomic E-state index is 0.724. The Bertz CT molecular complexity index is 3080. The van der Waals surface area contributed by atoms with Crippen LogP contribution in [0.4, 0.5) is 0 Å². The van der Waals surface area contributed by atoms with Gasteiger partial charge in [-0.15, -0.1) is 0 Å². The fraction of sp³-hybridized carbons (Fsp3) is 0.0392. The largest absolute Gasteiger partial charge is 0.297 e. The number of hydrogen-bond donors (Lipinski definition) is 0. The van der Waals surface area contributed by atoms with Crippen LogP contribution in [-0.4, -0.2) is 26.8 Å². The maximum atomic E-state index is 5.32. The van der Waals surface area contributed by atoms with Gasteiger partial charge in [0.25, 0.3) is 0 Å². The molecule has 0 unspecified atom stereocenters. The average molecular weight is 703 g/mol. The van der Waals surface area contributed by atoms with Crippen molar-refractivity contribution in [3.63, 3.8) is 0 Å². The molecular formula is C51H34N4. The highest BCUT2D eigenvalue weighted by molar-refractivity contribution is 6.22. The quantitative estimate of drug-likeness (QED) is 0.168. The summed E-state index contributed by atoms with van der Waals surface area (Å²) in [5.41, 5.74) is 12.6. The lowest BCUT2D eigenvalue weighted by atomic mass is 9.85. The Kier molecular flexibility index (Phi) is 7.27. The molecule has 0 radical (unpaired) electrons. The first-order valence-electron chi connectivity index (χ1n) is 18.9. The maximum absolute atomic E-state index is 5.32. The molecule has 0 N–H and O–H groups in total. The smallest absolute Gasteiger partial charge is 0.138 e. The minimum Gasteiger partial charge on any atom is -0.297 e. The van der Waals surface area contributed by atoms with Crippen molar-refractivity contribution in [2.45, 2.75) is 6.42 Å². The van der Waals surface area contributed by atoms with Gasteiger partial charge in [0.15, 0.2) is 0 Å². The summed E-state index contributed by atoms with van der Waals surface area (Å²) < 4.78 is 2.34. The molecule has 4 nitrogen and oxygen atoms in total. The summed E-state index contributed by atoms with van der Waals surface area (Å²) in [5.74, 6) is 0.910. The minimum atomic E-state index is 0.724. The number of benzene rings is 7. The molecule has 4 heterocycles. The molecule has 3 aromatic heterocycles. The van der Waals surface area contributed by atoms with Gasteiger partial charge in [-0.05, 0) is 91.0 Å². The second-order valence-corrected chi connectivity index (χ2v) is 14.3. The highest BCUT2D eigenvalue weighted by Gasteiger charge is 2.26. The van der Waals surface area contributed by atoms with Crippen LogP contribution in [0.2, 0.25) is 0 Å². The molecular weight excluding hydrogens is 669 g/mol. The lowest BCUT2D eigenvalue weighted by molar-refractivity contribution is 0.856. The van der Waals surface area contributed by atoms with Crippen molar-refractivity contribution in [2.75, 3.05) is 6.54 Å². The summed E-state index contributed by atoms with van der Waals surface area (Å²) in [6.07, 6.45) is 4.57. The molecule has 10 aromatic rings. The topological polar surface area (TPSA) is 43.1 Å².